The number of rotatable bonds is 2. The van der Waals surface area contributed by atoms with Crippen LogP contribution in [0.1, 0.15) is 18.4 Å². The molecule has 1 fully saturated rings. The summed E-state index contributed by atoms with van der Waals surface area (Å²) >= 11 is 0. The Hall–Kier alpha value is -2.39. The number of hydrogen-bond donors (Lipinski definition) is 3. The van der Waals surface area contributed by atoms with Crippen LogP contribution in [0.4, 0.5) is 10.1 Å². The quantitative estimate of drug-likeness (QED) is 0.681. The largest absolute Gasteiger partial charge is 0.344 e. The van der Waals surface area contributed by atoms with Crippen molar-refractivity contribution in [3.05, 3.63) is 29.6 Å². The average molecular weight is 275 g/mol. The molecule has 104 valence electrons. The zero-order valence-corrected chi connectivity index (χ0v) is 10.7. The number of amides is 2. The number of nitrogens with two attached hydrogens (primary N) is 1. The highest BCUT2D eigenvalue weighted by Gasteiger charge is 2.27. The summed E-state index contributed by atoms with van der Waals surface area (Å²) in [6, 6.07) is 3.57. The fourth-order valence-corrected chi connectivity index (χ4v) is 1.89. The van der Waals surface area contributed by atoms with E-state index in [1.54, 1.807) is 0 Å². The molecule has 4 N–H and O–H groups in total. The van der Waals surface area contributed by atoms with Gasteiger partial charge < -0.3 is 16.4 Å². The Labute approximate surface area is 115 Å². The van der Waals surface area contributed by atoms with Crippen LogP contribution in [-0.4, -0.2) is 24.4 Å². The third kappa shape index (κ3) is 3.33. The van der Waals surface area contributed by atoms with Crippen LogP contribution in [0.5, 0.6) is 0 Å². The second-order valence-corrected chi connectivity index (χ2v) is 4.35. The smallest absolute Gasteiger partial charge is 0.246 e. The highest BCUT2D eigenvalue weighted by molar-refractivity contribution is 5.99. The van der Waals surface area contributed by atoms with Gasteiger partial charge in [0, 0.05) is 12.1 Å². The van der Waals surface area contributed by atoms with Crippen LogP contribution in [0.2, 0.25) is 0 Å². The monoisotopic (exact) mass is 275 g/mol. The van der Waals surface area contributed by atoms with Gasteiger partial charge in [0.15, 0.2) is 0 Å². The molecule has 1 saturated heterocycles. The van der Waals surface area contributed by atoms with Crippen molar-refractivity contribution >= 4 is 17.5 Å². The Bertz CT molecular complexity index is 604. The van der Waals surface area contributed by atoms with Crippen LogP contribution in [-0.2, 0) is 9.59 Å². The fraction of sp³-hybridized carbons (Fsp3) is 0.286. The van der Waals surface area contributed by atoms with E-state index in [0.29, 0.717) is 18.5 Å². The van der Waals surface area contributed by atoms with Gasteiger partial charge in [0.25, 0.3) is 0 Å². The van der Waals surface area contributed by atoms with Crippen LogP contribution in [0.3, 0.4) is 0 Å². The first-order chi connectivity index (χ1) is 9.60. The maximum atomic E-state index is 13.5. The Balaban J connectivity index is 2.09. The molecule has 0 radical (unpaired) electrons. The van der Waals surface area contributed by atoms with E-state index in [2.05, 4.69) is 22.5 Å². The number of carbonyl (C=O) groups is 2. The lowest BCUT2D eigenvalue weighted by atomic mass is 10.1. The maximum absolute atomic E-state index is 13.5. The minimum Gasteiger partial charge on any atom is -0.344 e. The van der Waals surface area contributed by atoms with Crippen molar-refractivity contribution in [1.29, 1.82) is 0 Å². The minimum atomic E-state index is -0.536. The maximum Gasteiger partial charge on any atom is 0.246 e. The molecule has 1 unspecified atom stereocenters. The molecule has 1 aromatic rings. The molecule has 6 heteroatoms. The Kier molecular flexibility index (Phi) is 4.33. The van der Waals surface area contributed by atoms with Gasteiger partial charge in [-0.25, -0.2) is 4.39 Å². The first-order valence-electron chi connectivity index (χ1n) is 6.19. The predicted molar refractivity (Wildman–Crippen MR) is 72.1 cm³/mol. The molecule has 5 nitrogen and oxygen atoms in total. The third-order valence-electron chi connectivity index (χ3n) is 2.87. The van der Waals surface area contributed by atoms with Crippen molar-refractivity contribution in [3.63, 3.8) is 0 Å². The number of halogens is 1. The molecule has 1 aromatic carbocycles. The van der Waals surface area contributed by atoms with Gasteiger partial charge in [0.05, 0.1) is 12.1 Å². The normalized spacial score (nSPS) is 17.1. The lowest BCUT2D eigenvalue weighted by Gasteiger charge is -2.11. The predicted octanol–water partition coefficient (Wildman–Crippen LogP) is 0.353. The first-order valence-corrected chi connectivity index (χ1v) is 6.19. The molecule has 20 heavy (non-hydrogen) atoms. The van der Waals surface area contributed by atoms with Crippen LogP contribution in [0.25, 0.3) is 0 Å². The molecule has 1 aliphatic rings. The van der Waals surface area contributed by atoms with Crippen molar-refractivity contribution in [3.8, 4) is 11.8 Å². The van der Waals surface area contributed by atoms with Crippen LogP contribution in [0.15, 0.2) is 18.2 Å². The molecular formula is C14H14FN3O2. The summed E-state index contributed by atoms with van der Waals surface area (Å²) in [4.78, 5) is 23.0. The average Bonchev–Trinajstić information content (AvgIpc) is 2.86. The summed E-state index contributed by atoms with van der Waals surface area (Å²) in [5, 5.41) is 5.19. The Morgan fingerprint density at radius 2 is 2.35 bits per heavy atom. The summed E-state index contributed by atoms with van der Waals surface area (Å²) < 4.78 is 13.5. The molecule has 2 amide bonds. The highest BCUT2D eigenvalue weighted by Crippen LogP contribution is 2.15. The Morgan fingerprint density at radius 1 is 1.55 bits per heavy atom. The second kappa shape index (κ2) is 6.17. The number of nitrogens with one attached hydrogen (secondary N) is 2. The highest BCUT2D eigenvalue weighted by atomic mass is 19.1. The molecule has 1 heterocycles. The first kappa shape index (κ1) is 14.0. The Morgan fingerprint density at radius 3 is 3.00 bits per heavy atom. The van der Waals surface area contributed by atoms with Crippen LogP contribution < -0.4 is 16.4 Å². The van der Waals surface area contributed by atoms with Gasteiger partial charge in [0.2, 0.25) is 11.8 Å². The second-order valence-electron chi connectivity index (χ2n) is 4.35. The van der Waals surface area contributed by atoms with Crippen molar-refractivity contribution in [1.82, 2.24) is 5.32 Å². The van der Waals surface area contributed by atoms with E-state index < -0.39 is 11.9 Å². The van der Waals surface area contributed by atoms with Gasteiger partial charge in [-0.1, -0.05) is 11.8 Å². The van der Waals surface area contributed by atoms with E-state index in [9.17, 15) is 14.0 Å². The van der Waals surface area contributed by atoms with Gasteiger partial charge in [-0.2, -0.15) is 0 Å². The van der Waals surface area contributed by atoms with Crippen LogP contribution in [0, 0.1) is 17.7 Å². The fourth-order valence-electron chi connectivity index (χ4n) is 1.89. The molecule has 0 bridgehead atoms. The van der Waals surface area contributed by atoms with Crippen molar-refractivity contribution in [2.24, 2.45) is 5.73 Å². The zero-order valence-electron chi connectivity index (χ0n) is 10.7. The van der Waals surface area contributed by atoms with E-state index in [1.165, 1.54) is 18.2 Å². The molecular weight excluding hydrogens is 261 g/mol. The third-order valence-corrected chi connectivity index (χ3v) is 2.87. The molecule has 0 aromatic heterocycles. The van der Waals surface area contributed by atoms with E-state index in [1.807, 2.05) is 0 Å². The zero-order chi connectivity index (χ0) is 14.5. The standard InChI is InChI=1S/C14H14FN3O2/c15-11-4-3-10(8-9(11)2-1-7-16)17-14(20)12-5-6-13(19)18-12/h3-4,8,12H,5-7,16H2,(H,17,20)(H,18,19). The van der Waals surface area contributed by atoms with Gasteiger partial charge >= 0.3 is 0 Å². The summed E-state index contributed by atoms with van der Waals surface area (Å²) in [5.41, 5.74) is 5.83. The SMILES string of the molecule is NCC#Cc1cc(NC(=O)C2CCC(=O)N2)ccc1F. The van der Waals surface area contributed by atoms with Crippen LogP contribution >= 0.6 is 0 Å². The minimum absolute atomic E-state index is 0.129. The van der Waals surface area contributed by atoms with Gasteiger partial charge in [-0.05, 0) is 24.6 Å². The molecule has 1 aliphatic heterocycles. The number of carbonyl (C=O) groups excluding carboxylic acids is 2. The summed E-state index contributed by atoms with van der Waals surface area (Å²) in [5.74, 6) is 4.21. The van der Waals surface area contributed by atoms with Crippen molar-refractivity contribution < 1.29 is 14.0 Å². The molecule has 0 aliphatic carbocycles. The van der Waals surface area contributed by atoms with Gasteiger partial charge in [-0.3, -0.25) is 9.59 Å². The molecule has 0 saturated carbocycles. The lowest BCUT2D eigenvalue weighted by molar-refractivity contribution is -0.122. The van der Waals surface area contributed by atoms with Crippen molar-refractivity contribution in [2.75, 3.05) is 11.9 Å². The van der Waals surface area contributed by atoms with Gasteiger partial charge in [0.1, 0.15) is 11.9 Å². The topological polar surface area (TPSA) is 84.2 Å². The van der Waals surface area contributed by atoms with Gasteiger partial charge in [-0.15, -0.1) is 0 Å². The number of anilines is 1. The summed E-state index contributed by atoms with van der Waals surface area (Å²) in [6.07, 6.45) is 0.806. The number of benzene rings is 1. The lowest BCUT2D eigenvalue weighted by Crippen LogP contribution is -2.37. The van der Waals surface area contributed by atoms with E-state index in [0.717, 1.165) is 0 Å². The van der Waals surface area contributed by atoms with E-state index >= 15 is 0 Å². The molecule has 2 rings (SSSR count). The molecule has 0 spiro atoms. The number of hydrogen-bond acceptors (Lipinski definition) is 3. The van der Waals surface area contributed by atoms with E-state index in [4.69, 9.17) is 5.73 Å². The molecule has 1 atom stereocenters. The summed E-state index contributed by atoms with van der Waals surface area (Å²) in [7, 11) is 0. The van der Waals surface area contributed by atoms with E-state index in [-0.39, 0.29) is 23.9 Å². The summed E-state index contributed by atoms with van der Waals surface area (Å²) in [6.45, 7) is 0.129. The van der Waals surface area contributed by atoms with Crippen molar-refractivity contribution in [2.45, 2.75) is 18.9 Å².